The fraction of sp³-hybridized carbons (Fsp3) is 0.714. The topological polar surface area (TPSA) is 29.5 Å². The molecule has 0 saturated carbocycles. The molecule has 1 atom stereocenters. The number of aliphatic hydroxyl groups excluding tert-OH is 1. The average molecular weight is 128 g/mol. The van der Waals surface area contributed by atoms with Crippen molar-refractivity contribution in [3.8, 4) is 0 Å². The number of ether oxygens (including phenoxy) is 1. The lowest BCUT2D eigenvalue weighted by Crippen LogP contribution is -2.13. The van der Waals surface area contributed by atoms with Gasteiger partial charge in [0.05, 0.1) is 12.7 Å². The summed E-state index contributed by atoms with van der Waals surface area (Å²) in [6.45, 7) is 0.884. The Morgan fingerprint density at radius 2 is 2.56 bits per heavy atom. The van der Waals surface area contributed by atoms with Crippen LogP contribution in [-0.4, -0.2) is 24.4 Å². The molecule has 1 rings (SSSR count). The number of hydrogen-bond acceptors (Lipinski definition) is 2. The molecule has 0 spiro atoms. The molecule has 2 heteroatoms. The van der Waals surface area contributed by atoms with Gasteiger partial charge in [0.2, 0.25) is 0 Å². The first-order chi connectivity index (χ1) is 4.43. The zero-order valence-corrected chi connectivity index (χ0v) is 5.42. The second kappa shape index (κ2) is 3.64. The van der Waals surface area contributed by atoms with E-state index in [2.05, 4.69) is 6.08 Å². The minimum Gasteiger partial charge on any atom is -0.393 e. The van der Waals surface area contributed by atoms with Crippen LogP contribution in [-0.2, 0) is 4.74 Å². The van der Waals surface area contributed by atoms with Crippen molar-refractivity contribution in [2.45, 2.75) is 18.9 Å². The van der Waals surface area contributed by atoms with E-state index < -0.39 is 0 Å². The summed E-state index contributed by atoms with van der Waals surface area (Å²) >= 11 is 0. The first kappa shape index (κ1) is 6.78. The Balaban J connectivity index is 2.33. The smallest absolute Gasteiger partial charge is 0.0986 e. The average Bonchev–Trinajstić information content (AvgIpc) is 2.13. The van der Waals surface area contributed by atoms with E-state index in [9.17, 15) is 0 Å². The predicted octanol–water partition coefficient (Wildman–Crippen LogP) is 0.714. The third-order valence-electron chi connectivity index (χ3n) is 1.38. The summed E-state index contributed by atoms with van der Waals surface area (Å²) < 4.78 is 5.22. The second-order valence-corrected chi connectivity index (χ2v) is 2.16. The Bertz CT molecular complexity index is 99.1. The third kappa shape index (κ3) is 2.16. The molecule has 1 N–H and O–H groups in total. The van der Waals surface area contributed by atoms with Crippen molar-refractivity contribution in [3.05, 3.63) is 12.2 Å². The first-order valence-corrected chi connectivity index (χ1v) is 3.32. The Morgan fingerprint density at radius 3 is 3.33 bits per heavy atom. The van der Waals surface area contributed by atoms with Gasteiger partial charge in [-0.3, -0.25) is 0 Å². The van der Waals surface area contributed by atoms with Gasteiger partial charge in [-0.15, -0.1) is 0 Å². The Morgan fingerprint density at radius 1 is 1.67 bits per heavy atom. The van der Waals surface area contributed by atoms with Gasteiger partial charge in [-0.25, -0.2) is 0 Å². The highest BCUT2D eigenvalue weighted by atomic mass is 16.5. The fourth-order valence-electron chi connectivity index (χ4n) is 0.853. The molecule has 1 aliphatic heterocycles. The monoisotopic (exact) mass is 128 g/mol. The number of rotatable bonds is 1. The lowest BCUT2D eigenvalue weighted by atomic mass is 10.3. The van der Waals surface area contributed by atoms with Gasteiger partial charge in [0.15, 0.2) is 0 Å². The van der Waals surface area contributed by atoms with Gasteiger partial charge in [-0.1, -0.05) is 12.2 Å². The van der Waals surface area contributed by atoms with E-state index in [1.165, 1.54) is 0 Å². The molecule has 0 bridgehead atoms. The second-order valence-electron chi connectivity index (χ2n) is 2.16. The normalized spacial score (nSPS) is 27.9. The molecular weight excluding hydrogens is 116 g/mol. The maximum absolute atomic E-state index is 8.64. The van der Waals surface area contributed by atoms with Crippen LogP contribution in [0.2, 0.25) is 0 Å². The molecule has 0 aromatic carbocycles. The number of hydrogen-bond donors (Lipinski definition) is 1. The zero-order chi connectivity index (χ0) is 6.53. The van der Waals surface area contributed by atoms with Gasteiger partial charge in [0.25, 0.3) is 0 Å². The highest BCUT2D eigenvalue weighted by Crippen LogP contribution is 2.03. The van der Waals surface area contributed by atoms with E-state index in [4.69, 9.17) is 9.84 Å². The van der Waals surface area contributed by atoms with Crippen molar-refractivity contribution < 1.29 is 9.84 Å². The highest BCUT2D eigenvalue weighted by molar-refractivity contribution is 4.91. The first-order valence-electron chi connectivity index (χ1n) is 3.32. The maximum Gasteiger partial charge on any atom is 0.0986 e. The van der Waals surface area contributed by atoms with Gasteiger partial charge in [0.1, 0.15) is 0 Å². The van der Waals surface area contributed by atoms with Crippen LogP contribution in [0.5, 0.6) is 0 Å². The van der Waals surface area contributed by atoms with E-state index in [0.717, 1.165) is 19.4 Å². The van der Waals surface area contributed by atoms with Crippen LogP contribution in [0.15, 0.2) is 12.2 Å². The lowest BCUT2D eigenvalue weighted by molar-refractivity contribution is 0.0454. The van der Waals surface area contributed by atoms with Gasteiger partial charge in [-0.05, 0) is 12.8 Å². The summed E-state index contributed by atoms with van der Waals surface area (Å²) in [7, 11) is 0. The molecule has 1 aliphatic rings. The van der Waals surface area contributed by atoms with E-state index >= 15 is 0 Å². The Hall–Kier alpha value is -0.340. The Kier molecular flexibility index (Phi) is 2.74. The SMILES string of the molecule is OC[C@@H]1C=CCCCO1. The number of aliphatic hydroxyl groups is 1. The van der Waals surface area contributed by atoms with Crippen molar-refractivity contribution >= 4 is 0 Å². The summed E-state index contributed by atoms with van der Waals surface area (Å²) in [5.74, 6) is 0. The largest absolute Gasteiger partial charge is 0.393 e. The van der Waals surface area contributed by atoms with Crippen LogP contribution >= 0.6 is 0 Å². The van der Waals surface area contributed by atoms with Crippen LogP contribution in [0.1, 0.15) is 12.8 Å². The molecular formula is C7H12O2. The highest BCUT2D eigenvalue weighted by Gasteiger charge is 2.03. The molecule has 0 radical (unpaired) electrons. The van der Waals surface area contributed by atoms with Gasteiger partial charge >= 0.3 is 0 Å². The predicted molar refractivity (Wildman–Crippen MR) is 35.2 cm³/mol. The Labute approximate surface area is 55.1 Å². The minimum absolute atomic E-state index is 0.0486. The van der Waals surface area contributed by atoms with E-state index in [-0.39, 0.29) is 12.7 Å². The fourth-order valence-corrected chi connectivity index (χ4v) is 0.853. The minimum atomic E-state index is -0.0486. The van der Waals surface area contributed by atoms with Crippen LogP contribution in [0.4, 0.5) is 0 Å². The molecule has 0 saturated heterocycles. The summed E-state index contributed by atoms with van der Waals surface area (Å²) in [6, 6.07) is 0. The number of allylic oxidation sites excluding steroid dienone is 1. The summed E-state index contributed by atoms with van der Waals surface area (Å²) in [5.41, 5.74) is 0. The van der Waals surface area contributed by atoms with Crippen molar-refractivity contribution in [1.82, 2.24) is 0 Å². The van der Waals surface area contributed by atoms with Crippen molar-refractivity contribution in [2.24, 2.45) is 0 Å². The van der Waals surface area contributed by atoms with E-state index in [0.29, 0.717) is 0 Å². The third-order valence-corrected chi connectivity index (χ3v) is 1.38. The van der Waals surface area contributed by atoms with Crippen LogP contribution in [0.25, 0.3) is 0 Å². The van der Waals surface area contributed by atoms with E-state index in [1.54, 1.807) is 0 Å². The molecule has 0 fully saturated rings. The molecule has 0 amide bonds. The van der Waals surface area contributed by atoms with Crippen molar-refractivity contribution in [1.29, 1.82) is 0 Å². The molecule has 1 heterocycles. The molecule has 0 aromatic rings. The van der Waals surface area contributed by atoms with Crippen molar-refractivity contribution in [3.63, 3.8) is 0 Å². The zero-order valence-electron chi connectivity index (χ0n) is 5.42. The molecule has 9 heavy (non-hydrogen) atoms. The van der Waals surface area contributed by atoms with Crippen LogP contribution in [0.3, 0.4) is 0 Å². The summed E-state index contributed by atoms with van der Waals surface area (Å²) in [6.07, 6.45) is 6.09. The van der Waals surface area contributed by atoms with Crippen molar-refractivity contribution in [2.75, 3.05) is 13.2 Å². The summed E-state index contributed by atoms with van der Waals surface area (Å²) in [5, 5.41) is 8.64. The molecule has 52 valence electrons. The van der Waals surface area contributed by atoms with Gasteiger partial charge in [0, 0.05) is 6.61 Å². The van der Waals surface area contributed by atoms with Gasteiger partial charge in [-0.2, -0.15) is 0 Å². The van der Waals surface area contributed by atoms with Crippen LogP contribution < -0.4 is 0 Å². The van der Waals surface area contributed by atoms with Crippen LogP contribution in [0, 0.1) is 0 Å². The standard InChI is InChI=1S/C7H12O2/c8-6-7-4-2-1-3-5-9-7/h2,4,7-8H,1,3,5-6H2/t7-/m0/s1. The van der Waals surface area contributed by atoms with Gasteiger partial charge < -0.3 is 9.84 Å². The van der Waals surface area contributed by atoms with E-state index in [1.807, 2.05) is 6.08 Å². The lowest BCUT2D eigenvalue weighted by Gasteiger charge is -2.06. The summed E-state index contributed by atoms with van der Waals surface area (Å²) in [4.78, 5) is 0. The molecule has 0 unspecified atom stereocenters. The molecule has 2 nitrogen and oxygen atoms in total. The molecule has 0 aliphatic carbocycles. The maximum atomic E-state index is 8.64. The molecule has 0 aromatic heterocycles. The quantitative estimate of drug-likeness (QED) is 0.527.